The molecule has 1 fully saturated rings. The molecule has 0 radical (unpaired) electrons. The summed E-state index contributed by atoms with van der Waals surface area (Å²) in [5.41, 5.74) is 1.35. The second-order valence-electron chi connectivity index (χ2n) is 6.24. The zero-order chi connectivity index (χ0) is 21.3. The van der Waals surface area contributed by atoms with Gasteiger partial charge >= 0.3 is 5.97 Å². The van der Waals surface area contributed by atoms with Crippen LogP contribution in [0.4, 0.5) is 10.5 Å². The molecule has 150 valence electrons. The number of methoxy groups -OCH3 is 1. The van der Waals surface area contributed by atoms with E-state index in [0.29, 0.717) is 33.4 Å². The predicted octanol–water partition coefficient (Wildman–Crippen LogP) is 5.63. The van der Waals surface area contributed by atoms with Gasteiger partial charge in [0.25, 0.3) is 11.1 Å². The fraction of sp³-hybridized carbons (Fsp3) is 0.0455. The molecule has 0 N–H and O–H groups in total. The summed E-state index contributed by atoms with van der Waals surface area (Å²) in [5.74, 6) is -0.114. The molecule has 6 nitrogen and oxygen atoms in total. The number of amides is 2. The number of hydrogen-bond acceptors (Lipinski definition) is 6. The summed E-state index contributed by atoms with van der Waals surface area (Å²) in [6.07, 6.45) is 1.51. The lowest BCUT2D eigenvalue weighted by molar-refractivity contribution is -0.113. The third-order valence-electron chi connectivity index (χ3n) is 4.36. The van der Waals surface area contributed by atoms with E-state index in [4.69, 9.17) is 20.8 Å². The Hall–Kier alpha value is -3.29. The highest BCUT2D eigenvalue weighted by atomic mass is 35.5. The van der Waals surface area contributed by atoms with Crippen LogP contribution < -0.4 is 4.90 Å². The van der Waals surface area contributed by atoms with E-state index < -0.39 is 11.9 Å². The number of halogens is 1. The first kappa shape index (κ1) is 20.0. The van der Waals surface area contributed by atoms with Gasteiger partial charge in [0, 0.05) is 11.6 Å². The number of para-hydroxylation sites is 1. The summed E-state index contributed by atoms with van der Waals surface area (Å²) in [5, 5.41) is 0.0195. The molecule has 0 saturated carbocycles. The summed E-state index contributed by atoms with van der Waals surface area (Å²) >= 11 is 7.09. The Morgan fingerprint density at radius 1 is 1.10 bits per heavy atom. The Labute approximate surface area is 181 Å². The number of thioether (sulfide) groups is 1. The second-order valence-corrected chi connectivity index (χ2v) is 7.64. The van der Waals surface area contributed by atoms with Crippen LogP contribution in [0, 0.1) is 0 Å². The van der Waals surface area contributed by atoms with E-state index in [-0.39, 0.29) is 10.1 Å². The normalized spacial score (nSPS) is 15.1. The Bertz CT molecular complexity index is 1190. The highest BCUT2D eigenvalue weighted by Crippen LogP contribution is 2.37. The van der Waals surface area contributed by atoms with Crippen molar-refractivity contribution in [3.8, 4) is 11.3 Å². The van der Waals surface area contributed by atoms with Crippen LogP contribution in [0.25, 0.3) is 17.4 Å². The molecule has 4 rings (SSSR count). The van der Waals surface area contributed by atoms with E-state index >= 15 is 0 Å². The van der Waals surface area contributed by atoms with Crippen LogP contribution in [0.5, 0.6) is 0 Å². The molecule has 2 aromatic carbocycles. The average Bonchev–Trinajstić information content (AvgIpc) is 3.32. The molecule has 0 bridgehead atoms. The van der Waals surface area contributed by atoms with Crippen molar-refractivity contribution in [1.29, 1.82) is 0 Å². The lowest BCUT2D eigenvalue weighted by atomic mass is 10.1. The first-order valence-corrected chi connectivity index (χ1v) is 9.98. The molecular weight excluding hydrogens is 426 g/mol. The monoisotopic (exact) mass is 439 g/mol. The fourth-order valence-corrected chi connectivity index (χ4v) is 3.96. The van der Waals surface area contributed by atoms with Crippen LogP contribution in [0.2, 0.25) is 5.02 Å². The number of benzene rings is 2. The largest absolute Gasteiger partial charge is 0.465 e. The molecule has 1 aliphatic heterocycles. The third-order valence-corrected chi connectivity index (χ3v) is 5.56. The number of ether oxygens (including phenoxy) is 1. The number of carbonyl (C=O) groups is 3. The van der Waals surface area contributed by atoms with E-state index in [0.717, 1.165) is 16.7 Å². The Balaban J connectivity index is 1.63. The summed E-state index contributed by atoms with van der Waals surface area (Å²) in [6, 6.07) is 16.8. The number of carbonyl (C=O) groups excluding carboxylic acids is 3. The summed E-state index contributed by atoms with van der Waals surface area (Å²) < 4.78 is 10.5. The van der Waals surface area contributed by atoms with Crippen LogP contribution in [0.15, 0.2) is 70.0 Å². The van der Waals surface area contributed by atoms with E-state index in [2.05, 4.69) is 0 Å². The predicted molar refractivity (Wildman–Crippen MR) is 115 cm³/mol. The quantitative estimate of drug-likeness (QED) is 0.387. The number of furan rings is 1. The Morgan fingerprint density at radius 3 is 2.60 bits per heavy atom. The van der Waals surface area contributed by atoms with Crippen molar-refractivity contribution < 1.29 is 23.5 Å². The lowest BCUT2D eigenvalue weighted by Gasteiger charge is -2.11. The van der Waals surface area contributed by atoms with E-state index in [1.807, 2.05) is 6.07 Å². The standard InChI is InChI=1S/C22H14ClNO5S/c1-28-21(26)13-7-9-17(23)16(11-13)18-10-8-15(29-18)12-19-20(25)24(22(27)30-19)14-5-3-2-4-6-14/h2-12H,1H3/b19-12-. The second kappa shape index (κ2) is 8.22. The number of imide groups is 1. The summed E-state index contributed by atoms with van der Waals surface area (Å²) in [7, 11) is 1.30. The average molecular weight is 440 g/mol. The molecule has 8 heteroatoms. The molecule has 0 unspecified atom stereocenters. The molecule has 1 aliphatic rings. The van der Waals surface area contributed by atoms with Gasteiger partial charge in [0.1, 0.15) is 11.5 Å². The molecule has 0 spiro atoms. The number of hydrogen-bond donors (Lipinski definition) is 0. The van der Waals surface area contributed by atoms with Crippen molar-refractivity contribution in [2.75, 3.05) is 12.0 Å². The highest BCUT2D eigenvalue weighted by molar-refractivity contribution is 8.19. The number of esters is 1. The van der Waals surface area contributed by atoms with Crippen LogP contribution in [0.1, 0.15) is 16.1 Å². The SMILES string of the molecule is COC(=O)c1ccc(Cl)c(-c2ccc(/C=C3\SC(=O)N(c4ccccc4)C3=O)o2)c1. The maximum atomic E-state index is 12.7. The van der Waals surface area contributed by atoms with Crippen LogP contribution in [0.3, 0.4) is 0 Å². The molecule has 0 atom stereocenters. The number of rotatable bonds is 4. The molecular formula is C22H14ClNO5S. The minimum Gasteiger partial charge on any atom is -0.465 e. The maximum absolute atomic E-state index is 12.7. The van der Waals surface area contributed by atoms with Gasteiger partial charge in [0.15, 0.2) is 0 Å². The van der Waals surface area contributed by atoms with Crippen LogP contribution >= 0.6 is 23.4 Å². The first-order chi connectivity index (χ1) is 14.5. The third kappa shape index (κ3) is 3.77. The van der Waals surface area contributed by atoms with Gasteiger partial charge < -0.3 is 9.15 Å². The molecule has 3 aromatic rings. The van der Waals surface area contributed by atoms with Gasteiger partial charge in [-0.25, -0.2) is 9.69 Å². The maximum Gasteiger partial charge on any atom is 0.337 e. The van der Waals surface area contributed by atoms with Gasteiger partial charge in [-0.15, -0.1) is 0 Å². The van der Waals surface area contributed by atoms with Gasteiger partial charge in [0.05, 0.1) is 28.3 Å². The molecule has 30 heavy (non-hydrogen) atoms. The molecule has 1 aromatic heterocycles. The van der Waals surface area contributed by atoms with E-state index in [9.17, 15) is 14.4 Å². The molecule has 2 heterocycles. The Kier molecular flexibility index (Phi) is 5.48. The smallest absolute Gasteiger partial charge is 0.337 e. The van der Waals surface area contributed by atoms with Crippen LogP contribution in [-0.4, -0.2) is 24.2 Å². The van der Waals surface area contributed by atoms with E-state index in [1.165, 1.54) is 13.2 Å². The van der Waals surface area contributed by atoms with Gasteiger partial charge in [-0.05, 0) is 54.2 Å². The van der Waals surface area contributed by atoms with Crippen molar-refractivity contribution in [1.82, 2.24) is 0 Å². The van der Waals surface area contributed by atoms with E-state index in [1.54, 1.807) is 54.6 Å². The van der Waals surface area contributed by atoms with Gasteiger partial charge in [-0.1, -0.05) is 29.8 Å². The van der Waals surface area contributed by atoms with Crippen molar-refractivity contribution in [2.24, 2.45) is 0 Å². The highest BCUT2D eigenvalue weighted by Gasteiger charge is 2.36. The minimum absolute atomic E-state index is 0.249. The lowest BCUT2D eigenvalue weighted by Crippen LogP contribution is -2.27. The molecule has 2 amide bonds. The van der Waals surface area contributed by atoms with Crippen molar-refractivity contribution in [2.45, 2.75) is 0 Å². The van der Waals surface area contributed by atoms with Crippen molar-refractivity contribution in [3.63, 3.8) is 0 Å². The zero-order valence-corrected chi connectivity index (χ0v) is 17.2. The molecule has 0 aliphatic carbocycles. The zero-order valence-electron chi connectivity index (χ0n) is 15.6. The summed E-state index contributed by atoms with van der Waals surface area (Å²) in [4.78, 5) is 38.2. The number of anilines is 1. The van der Waals surface area contributed by atoms with Gasteiger partial charge in [0.2, 0.25) is 0 Å². The van der Waals surface area contributed by atoms with Crippen molar-refractivity contribution >= 4 is 52.2 Å². The minimum atomic E-state index is -0.491. The van der Waals surface area contributed by atoms with Crippen molar-refractivity contribution in [3.05, 3.63) is 81.9 Å². The van der Waals surface area contributed by atoms with Gasteiger partial charge in [-0.2, -0.15) is 0 Å². The summed E-state index contributed by atoms with van der Waals surface area (Å²) in [6.45, 7) is 0. The molecule has 1 saturated heterocycles. The van der Waals surface area contributed by atoms with Crippen LogP contribution in [-0.2, 0) is 9.53 Å². The fourth-order valence-electron chi connectivity index (χ4n) is 2.93. The first-order valence-electron chi connectivity index (χ1n) is 8.79. The number of nitrogens with zero attached hydrogens (tertiary/aromatic N) is 1. The Morgan fingerprint density at radius 2 is 1.87 bits per heavy atom. The topological polar surface area (TPSA) is 76.8 Å². The van der Waals surface area contributed by atoms with Gasteiger partial charge in [-0.3, -0.25) is 9.59 Å².